The van der Waals surface area contributed by atoms with Gasteiger partial charge in [-0.2, -0.15) is 0 Å². The summed E-state index contributed by atoms with van der Waals surface area (Å²) >= 11 is 0. The highest BCUT2D eigenvalue weighted by atomic mass is 16.5. The van der Waals surface area contributed by atoms with E-state index in [-0.39, 0.29) is 12.1 Å². The minimum absolute atomic E-state index is 0.134. The number of ether oxygens (including phenoxy) is 2. The molecule has 3 aromatic carbocycles. The van der Waals surface area contributed by atoms with Crippen LogP contribution in [0, 0.1) is 0 Å². The van der Waals surface area contributed by atoms with Crippen molar-refractivity contribution in [1.82, 2.24) is 0 Å². The van der Waals surface area contributed by atoms with E-state index in [9.17, 15) is 0 Å². The summed E-state index contributed by atoms with van der Waals surface area (Å²) in [4.78, 5) is 4.88. The van der Waals surface area contributed by atoms with Gasteiger partial charge in [0.15, 0.2) is 0 Å². The van der Waals surface area contributed by atoms with Gasteiger partial charge in [0.25, 0.3) is 0 Å². The first-order chi connectivity index (χ1) is 12.8. The van der Waals surface area contributed by atoms with Gasteiger partial charge in [0.2, 0.25) is 0 Å². The Balaban J connectivity index is 1.93. The molecule has 0 N–H and O–H groups in total. The Morgan fingerprint density at radius 2 is 1.31 bits per heavy atom. The van der Waals surface area contributed by atoms with Crippen molar-refractivity contribution >= 4 is 6.21 Å². The van der Waals surface area contributed by atoms with Gasteiger partial charge in [0.1, 0.15) is 17.9 Å². The van der Waals surface area contributed by atoms with Gasteiger partial charge in [-0.15, -0.1) is 0 Å². The zero-order valence-electron chi connectivity index (χ0n) is 15.1. The molecular formula is C23H23NO2. The highest BCUT2D eigenvalue weighted by molar-refractivity contribution is 5.80. The maximum atomic E-state index is 5.84. The Morgan fingerprint density at radius 1 is 0.731 bits per heavy atom. The number of rotatable bonds is 7. The Bertz CT molecular complexity index is 814. The average molecular weight is 345 g/mol. The van der Waals surface area contributed by atoms with Gasteiger partial charge in [0.05, 0.1) is 7.11 Å². The van der Waals surface area contributed by atoms with Crippen molar-refractivity contribution in [2.45, 2.75) is 12.1 Å². The number of methoxy groups -OCH3 is 2. The number of aliphatic imine (C=N–C) groups is 1. The molecule has 0 aliphatic rings. The summed E-state index contributed by atoms with van der Waals surface area (Å²) in [5, 5.41) is 0. The Labute approximate surface area is 154 Å². The molecule has 0 unspecified atom stereocenters. The van der Waals surface area contributed by atoms with E-state index in [1.807, 2.05) is 66.9 Å². The van der Waals surface area contributed by atoms with E-state index in [0.29, 0.717) is 0 Å². The van der Waals surface area contributed by atoms with Crippen LogP contribution in [0.4, 0.5) is 0 Å². The lowest BCUT2D eigenvalue weighted by atomic mass is 9.96. The third-order valence-electron chi connectivity index (χ3n) is 4.31. The highest BCUT2D eigenvalue weighted by Crippen LogP contribution is 2.34. The molecular weight excluding hydrogens is 322 g/mol. The maximum Gasteiger partial charge on any atom is 0.118 e. The molecule has 0 aliphatic heterocycles. The van der Waals surface area contributed by atoms with Gasteiger partial charge in [-0.1, -0.05) is 60.7 Å². The molecule has 0 bridgehead atoms. The third kappa shape index (κ3) is 4.38. The standard InChI is InChI=1S/C23H23NO2/c1-25-21-15-13-18(14-16-21)17-24-22(19-9-5-3-6-10-19)23(26-2)20-11-7-4-8-12-20/h3-17,22-23H,1-2H3/t22-,23+/m1/s1. The van der Waals surface area contributed by atoms with Gasteiger partial charge in [-0.05, 0) is 41.0 Å². The van der Waals surface area contributed by atoms with Crippen LogP contribution in [0.3, 0.4) is 0 Å². The van der Waals surface area contributed by atoms with E-state index in [2.05, 4.69) is 24.3 Å². The van der Waals surface area contributed by atoms with Crippen LogP contribution >= 0.6 is 0 Å². The van der Waals surface area contributed by atoms with Crippen molar-refractivity contribution in [3.63, 3.8) is 0 Å². The number of hydrogen-bond acceptors (Lipinski definition) is 3. The van der Waals surface area contributed by atoms with Crippen LogP contribution in [0.5, 0.6) is 5.75 Å². The first-order valence-corrected chi connectivity index (χ1v) is 8.61. The third-order valence-corrected chi connectivity index (χ3v) is 4.31. The van der Waals surface area contributed by atoms with E-state index in [4.69, 9.17) is 14.5 Å². The van der Waals surface area contributed by atoms with Crippen LogP contribution in [0.15, 0.2) is 89.9 Å². The summed E-state index contributed by atoms with van der Waals surface area (Å²) in [7, 11) is 3.40. The monoisotopic (exact) mass is 345 g/mol. The van der Waals surface area contributed by atoms with Gasteiger partial charge < -0.3 is 9.47 Å². The summed E-state index contributed by atoms with van der Waals surface area (Å²) in [5.74, 6) is 0.834. The van der Waals surface area contributed by atoms with E-state index in [1.165, 1.54) is 0 Å². The zero-order valence-corrected chi connectivity index (χ0v) is 15.1. The average Bonchev–Trinajstić information content (AvgIpc) is 2.73. The zero-order chi connectivity index (χ0) is 18.2. The molecule has 3 heteroatoms. The molecule has 0 saturated heterocycles. The van der Waals surface area contributed by atoms with Gasteiger partial charge in [-0.25, -0.2) is 0 Å². The SMILES string of the molecule is COc1ccc(C=N[C@H](c2ccccc2)[C@@H](OC)c2ccccc2)cc1. The fourth-order valence-electron chi connectivity index (χ4n) is 2.94. The predicted octanol–water partition coefficient (Wildman–Crippen LogP) is 5.24. The largest absolute Gasteiger partial charge is 0.497 e. The molecule has 0 heterocycles. The summed E-state index contributed by atoms with van der Waals surface area (Å²) in [6, 6.07) is 28.2. The Morgan fingerprint density at radius 3 is 1.85 bits per heavy atom. The highest BCUT2D eigenvalue weighted by Gasteiger charge is 2.23. The molecule has 3 nitrogen and oxygen atoms in total. The maximum absolute atomic E-state index is 5.84. The van der Waals surface area contributed by atoms with Crippen LogP contribution < -0.4 is 4.74 Å². The first kappa shape index (κ1) is 17.9. The van der Waals surface area contributed by atoms with E-state index < -0.39 is 0 Å². The molecule has 0 amide bonds. The molecule has 3 rings (SSSR count). The molecule has 132 valence electrons. The van der Waals surface area contributed by atoms with Crippen molar-refractivity contribution in [2.24, 2.45) is 4.99 Å². The molecule has 26 heavy (non-hydrogen) atoms. The van der Waals surface area contributed by atoms with Crippen LogP contribution in [-0.2, 0) is 4.74 Å². The molecule has 0 spiro atoms. The molecule has 0 fully saturated rings. The second kappa shape index (κ2) is 8.97. The first-order valence-electron chi connectivity index (χ1n) is 8.61. The molecule has 0 aliphatic carbocycles. The Kier molecular flexibility index (Phi) is 6.18. The molecule has 0 aromatic heterocycles. The number of nitrogens with zero attached hydrogens (tertiary/aromatic N) is 1. The van der Waals surface area contributed by atoms with E-state index >= 15 is 0 Å². The quantitative estimate of drug-likeness (QED) is 0.548. The lowest BCUT2D eigenvalue weighted by Crippen LogP contribution is -2.12. The number of hydrogen-bond donors (Lipinski definition) is 0. The summed E-state index contributed by atoms with van der Waals surface area (Å²) in [6.45, 7) is 0. The molecule has 0 saturated carbocycles. The second-order valence-electron chi connectivity index (χ2n) is 5.97. The minimum atomic E-state index is -0.159. The van der Waals surface area contributed by atoms with Crippen molar-refractivity contribution in [1.29, 1.82) is 0 Å². The van der Waals surface area contributed by atoms with E-state index in [0.717, 1.165) is 22.4 Å². The topological polar surface area (TPSA) is 30.8 Å². The van der Waals surface area contributed by atoms with Crippen molar-refractivity contribution in [2.75, 3.05) is 14.2 Å². The molecule has 3 aromatic rings. The number of benzene rings is 3. The van der Waals surface area contributed by atoms with Crippen molar-refractivity contribution in [3.05, 3.63) is 102 Å². The van der Waals surface area contributed by atoms with Crippen LogP contribution in [0.1, 0.15) is 28.8 Å². The smallest absolute Gasteiger partial charge is 0.118 e. The lowest BCUT2D eigenvalue weighted by Gasteiger charge is -2.24. The van der Waals surface area contributed by atoms with Crippen molar-refractivity contribution < 1.29 is 9.47 Å². The predicted molar refractivity (Wildman–Crippen MR) is 106 cm³/mol. The van der Waals surface area contributed by atoms with Crippen molar-refractivity contribution in [3.8, 4) is 5.75 Å². The lowest BCUT2D eigenvalue weighted by molar-refractivity contribution is 0.0811. The molecule has 0 radical (unpaired) electrons. The fraction of sp³-hybridized carbons (Fsp3) is 0.174. The van der Waals surface area contributed by atoms with Crippen LogP contribution in [0.2, 0.25) is 0 Å². The van der Waals surface area contributed by atoms with E-state index in [1.54, 1.807) is 14.2 Å². The second-order valence-corrected chi connectivity index (χ2v) is 5.97. The summed E-state index contributed by atoms with van der Waals surface area (Å²) in [6.07, 6.45) is 1.74. The summed E-state index contributed by atoms with van der Waals surface area (Å²) < 4.78 is 11.1. The van der Waals surface area contributed by atoms with Gasteiger partial charge in [-0.3, -0.25) is 4.99 Å². The van der Waals surface area contributed by atoms with Crippen LogP contribution in [-0.4, -0.2) is 20.4 Å². The van der Waals surface area contributed by atoms with Gasteiger partial charge >= 0.3 is 0 Å². The fourth-order valence-corrected chi connectivity index (χ4v) is 2.94. The van der Waals surface area contributed by atoms with Crippen LogP contribution in [0.25, 0.3) is 0 Å². The Hall–Kier alpha value is -2.91. The summed E-state index contributed by atoms with van der Waals surface area (Å²) in [5.41, 5.74) is 3.25. The van der Waals surface area contributed by atoms with Gasteiger partial charge in [0, 0.05) is 13.3 Å². The molecule has 2 atom stereocenters. The minimum Gasteiger partial charge on any atom is -0.497 e. The normalized spacial score (nSPS) is 13.5.